The van der Waals surface area contributed by atoms with Crippen molar-refractivity contribution in [2.45, 2.75) is 38.0 Å². The first-order chi connectivity index (χ1) is 17.0. The van der Waals surface area contributed by atoms with Gasteiger partial charge in [0.25, 0.3) is 15.9 Å². The summed E-state index contributed by atoms with van der Waals surface area (Å²) in [6.07, 6.45) is 0. The highest BCUT2D eigenvalue weighted by atomic mass is 32.2. The molecule has 5 rings (SSSR count). The molecular formula is C26H24N4O5S. The molecule has 0 spiro atoms. The summed E-state index contributed by atoms with van der Waals surface area (Å²) >= 11 is 0. The van der Waals surface area contributed by atoms with Gasteiger partial charge in [0.1, 0.15) is 0 Å². The first-order valence-electron chi connectivity index (χ1n) is 11.2. The number of para-hydroxylation sites is 1. The van der Waals surface area contributed by atoms with E-state index in [1.807, 2.05) is 32.9 Å². The summed E-state index contributed by atoms with van der Waals surface area (Å²) < 4.78 is 39.8. The molecule has 5 aromatic rings. The number of fused-ring (bicyclic) bond motifs is 1. The number of anilines is 1. The van der Waals surface area contributed by atoms with Crippen LogP contribution in [0.4, 0.5) is 5.69 Å². The Hall–Kier alpha value is -4.18. The highest BCUT2D eigenvalue weighted by Gasteiger charge is 2.22. The number of H-pyrrole nitrogens is 1. The minimum absolute atomic E-state index is 0.187. The average molecular weight is 505 g/mol. The van der Waals surface area contributed by atoms with Gasteiger partial charge < -0.3 is 8.94 Å². The van der Waals surface area contributed by atoms with Gasteiger partial charge in [-0.05, 0) is 59.9 Å². The van der Waals surface area contributed by atoms with E-state index < -0.39 is 15.8 Å². The second-order valence-electron chi connectivity index (χ2n) is 9.54. The summed E-state index contributed by atoms with van der Waals surface area (Å²) in [4.78, 5) is 18.8. The Bertz CT molecular complexity index is 1760. The van der Waals surface area contributed by atoms with E-state index >= 15 is 0 Å². The van der Waals surface area contributed by atoms with Gasteiger partial charge in [0.15, 0.2) is 5.58 Å². The first-order valence-corrected chi connectivity index (χ1v) is 12.7. The van der Waals surface area contributed by atoms with Gasteiger partial charge in [0.2, 0.25) is 5.82 Å². The Balaban J connectivity index is 1.46. The Morgan fingerprint density at radius 2 is 1.78 bits per heavy atom. The molecule has 0 saturated heterocycles. The zero-order valence-electron chi connectivity index (χ0n) is 20.1. The summed E-state index contributed by atoms with van der Waals surface area (Å²) in [5.41, 5.74) is 3.60. The Morgan fingerprint density at radius 3 is 2.56 bits per heavy atom. The third-order valence-electron chi connectivity index (χ3n) is 5.82. The summed E-state index contributed by atoms with van der Waals surface area (Å²) in [5.74, 6) is -0.157. The Morgan fingerprint density at radius 1 is 1.00 bits per heavy atom. The molecule has 0 unspecified atom stereocenters. The number of nitrogens with one attached hydrogen (secondary N) is 2. The molecule has 3 aromatic carbocycles. The minimum Gasteiger partial charge on any atom is -0.407 e. The fourth-order valence-electron chi connectivity index (χ4n) is 3.88. The smallest absolute Gasteiger partial charge is 0.407 e. The molecule has 0 radical (unpaired) electrons. The van der Waals surface area contributed by atoms with Gasteiger partial charge in [-0.3, -0.25) is 9.71 Å². The van der Waals surface area contributed by atoms with Crippen molar-refractivity contribution in [3.8, 4) is 22.8 Å². The minimum atomic E-state index is -3.85. The van der Waals surface area contributed by atoms with Crippen LogP contribution in [-0.2, 0) is 15.4 Å². The molecule has 2 N–H and O–H groups in total. The lowest BCUT2D eigenvalue weighted by Gasteiger charge is -2.21. The molecule has 36 heavy (non-hydrogen) atoms. The van der Waals surface area contributed by atoms with Crippen LogP contribution < -0.4 is 10.5 Å². The predicted octanol–water partition coefficient (Wildman–Crippen LogP) is 5.24. The SMILES string of the molecule is Cc1ccc(C(C)(C)C)cc1S(=O)(=O)Nc1cccc(-c2nc(-c3cccc4[nH]c(=O)oc34)no2)c1. The lowest BCUT2D eigenvalue weighted by atomic mass is 9.87. The number of hydrogen-bond donors (Lipinski definition) is 2. The van der Waals surface area contributed by atoms with Gasteiger partial charge in [-0.15, -0.1) is 0 Å². The van der Waals surface area contributed by atoms with Crippen LogP contribution in [0.3, 0.4) is 0 Å². The van der Waals surface area contributed by atoms with Crippen LogP contribution in [-0.4, -0.2) is 23.5 Å². The van der Waals surface area contributed by atoms with Crippen LogP contribution in [0, 0.1) is 6.92 Å². The van der Waals surface area contributed by atoms with Gasteiger partial charge in [-0.25, -0.2) is 13.2 Å². The Kier molecular flexibility index (Phi) is 5.55. The molecule has 0 amide bonds. The summed E-state index contributed by atoms with van der Waals surface area (Å²) in [6, 6.07) is 17.3. The van der Waals surface area contributed by atoms with Gasteiger partial charge in [-0.1, -0.05) is 50.2 Å². The molecule has 10 heteroatoms. The van der Waals surface area contributed by atoms with Crippen LogP contribution in [0.1, 0.15) is 31.9 Å². The molecule has 0 bridgehead atoms. The monoisotopic (exact) mass is 504 g/mol. The Labute approximate surface area is 207 Å². The number of oxazole rings is 1. The maximum Gasteiger partial charge on any atom is 0.417 e. The first kappa shape index (κ1) is 23.6. The molecule has 2 heterocycles. The normalized spacial score (nSPS) is 12.2. The fraction of sp³-hybridized carbons (Fsp3) is 0.192. The number of nitrogens with zero attached hydrogens (tertiary/aromatic N) is 2. The highest BCUT2D eigenvalue weighted by Crippen LogP contribution is 2.30. The lowest BCUT2D eigenvalue weighted by molar-refractivity contribution is 0.432. The van der Waals surface area contributed by atoms with Crippen LogP contribution in [0.5, 0.6) is 0 Å². The van der Waals surface area contributed by atoms with Gasteiger partial charge >= 0.3 is 5.76 Å². The van der Waals surface area contributed by atoms with Crippen LogP contribution >= 0.6 is 0 Å². The molecule has 9 nitrogen and oxygen atoms in total. The third-order valence-corrected chi connectivity index (χ3v) is 7.34. The van der Waals surface area contributed by atoms with E-state index in [0.717, 1.165) is 5.56 Å². The lowest BCUT2D eigenvalue weighted by Crippen LogP contribution is -2.17. The number of sulfonamides is 1. The van der Waals surface area contributed by atoms with E-state index in [0.29, 0.717) is 33.5 Å². The van der Waals surface area contributed by atoms with Crippen molar-refractivity contribution in [2.75, 3.05) is 4.72 Å². The van der Waals surface area contributed by atoms with Crippen LogP contribution in [0.25, 0.3) is 33.9 Å². The second-order valence-corrected chi connectivity index (χ2v) is 11.2. The highest BCUT2D eigenvalue weighted by molar-refractivity contribution is 7.92. The zero-order valence-corrected chi connectivity index (χ0v) is 20.9. The number of rotatable bonds is 5. The van der Waals surface area contributed by atoms with E-state index in [2.05, 4.69) is 19.8 Å². The molecule has 0 aliphatic heterocycles. The van der Waals surface area contributed by atoms with E-state index in [4.69, 9.17) is 8.94 Å². The number of aromatic amines is 1. The topological polar surface area (TPSA) is 131 Å². The van der Waals surface area contributed by atoms with Gasteiger partial charge in [0, 0.05) is 11.3 Å². The zero-order chi connectivity index (χ0) is 25.7. The predicted molar refractivity (Wildman–Crippen MR) is 136 cm³/mol. The summed E-state index contributed by atoms with van der Waals surface area (Å²) in [7, 11) is -3.85. The van der Waals surface area contributed by atoms with E-state index in [-0.39, 0.29) is 22.0 Å². The molecule has 0 saturated carbocycles. The second kappa shape index (κ2) is 8.49. The van der Waals surface area contributed by atoms with Crippen molar-refractivity contribution in [2.24, 2.45) is 0 Å². The molecule has 0 atom stereocenters. The summed E-state index contributed by atoms with van der Waals surface area (Å²) in [6.45, 7) is 7.88. The van der Waals surface area contributed by atoms with Gasteiger partial charge in [-0.2, -0.15) is 4.98 Å². The van der Waals surface area contributed by atoms with E-state index in [1.54, 1.807) is 55.5 Å². The number of aryl methyl sites for hydroxylation is 1. The number of hydrogen-bond acceptors (Lipinski definition) is 7. The molecule has 2 aromatic heterocycles. The van der Waals surface area contributed by atoms with Crippen LogP contribution in [0.2, 0.25) is 0 Å². The van der Waals surface area contributed by atoms with Crippen LogP contribution in [0.15, 0.2) is 79.3 Å². The van der Waals surface area contributed by atoms with Crippen molar-refractivity contribution in [3.05, 3.63) is 82.3 Å². The van der Waals surface area contributed by atoms with Crippen molar-refractivity contribution >= 4 is 26.8 Å². The fourth-order valence-corrected chi connectivity index (χ4v) is 5.20. The molecule has 0 aliphatic carbocycles. The number of benzene rings is 3. The maximum absolute atomic E-state index is 13.3. The molecule has 184 valence electrons. The van der Waals surface area contributed by atoms with E-state index in [9.17, 15) is 13.2 Å². The summed E-state index contributed by atoms with van der Waals surface area (Å²) in [5, 5.41) is 4.02. The largest absolute Gasteiger partial charge is 0.417 e. The standard InChI is InChI=1S/C26H24N4O5S/c1-15-11-12-17(26(2,3)4)14-21(15)36(32,33)30-18-8-5-7-16(13-18)24-28-23(29-35-24)19-9-6-10-20-22(19)34-25(31)27-20/h5-14,30H,1-4H3,(H,27,31). The van der Waals surface area contributed by atoms with Crippen molar-refractivity contribution < 1.29 is 17.4 Å². The molecular weight excluding hydrogens is 480 g/mol. The van der Waals surface area contributed by atoms with Crippen molar-refractivity contribution in [1.29, 1.82) is 0 Å². The van der Waals surface area contributed by atoms with Crippen molar-refractivity contribution in [3.63, 3.8) is 0 Å². The number of aromatic nitrogens is 3. The quantitative estimate of drug-likeness (QED) is 0.334. The van der Waals surface area contributed by atoms with E-state index in [1.165, 1.54) is 0 Å². The molecule has 0 aliphatic rings. The average Bonchev–Trinajstić information content (AvgIpc) is 3.44. The molecule has 0 fully saturated rings. The maximum atomic E-state index is 13.3. The third kappa shape index (κ3) is 4.42. The van der Waals surface area contributed by atoms with Crippen molar-refractivity contribution in [1.82, 2.24) is 15.1 Å². The van der Waals surface area contributed by atoms with Gasteiger partial charge in [0.05, 0.1) is 16.0 Å².